The molecule has 0 aromatic heterocycles. The SMILES string of the molecule is CC(=O)CC(C)C1C(C)=CC=CC1(C)C. The van der Waals surface area contributed by atoms with Crippen molar-refractivity contribution >= 4 is 5.78 Å². The third-order valence-corrected chi connectivity index (χ3v) is 3.36. The molecule has 0 N–H and O–H groups in total. The molecule has 15 heavy (non-hydrogen) atoms. The van der Waals surface area contributed by atoms with E-state index in [9.17, 15) is 4.79 Å². The van der Waals surface area contributed by atoms with Gasteiger partial charge in [-0.25, -0.2) is 0 Å². The number of allylic oxidation sites excluding steroid dienone is 4. The van der Waals surface area contributed by atoms with Crippen LogP contribution in [0.4, 0.5) is 0 Å². The molecule has 1 nitrogen and oxygen atoms in total. The molecule has 1 rings (SSSR count). The van der Waals surface area contributed by atoms with Gasteiger partial charge in [0, 0.05) is 6.42 Å². The van der Waals surface area contributed by atoms with Gasteiger partial charge in [0.05, 0.1) is 0 Å². The molecule has 0 aromatic rings. The largest absolute Gasteiger partial charge is 0.300 e. The van der Waals surface area contributed by atoms with Crippen LogP contribution < -0.4 is 0 Å². The summed E-state index contributed by atoms with van der Waals surface area (Å²) in [6.45, 7) is 10.5. The van der Waals surface area contributed by atoms with Crippen LogP contribution in [0.25, 0.3) is 0 Å². The number of hydrogen-bond acceptors (Lipinski definition) is 1. The molecule has 2 unspecified atom stereocenters. The van der Waals surface area contributed by atoms with Crippen LogP contribution in [0.1, 0.15) is 41.0 Å². The lowest BCUT2D eigenvalue weighted by atomic mass is 9.66. The van der Waals surface area contributed by atoms with E-state index in [-0.39, 0.29) is 5.41 Å². The summed E-state index contributed by atoms with van der Waals surface area (Å²) < 4.78 is 0. The fourth-order valence-electron chi connectivity index (χ4n) is 3.00. The lowest BCUT2D eigenvalue weighted by Gasteiger charge is -2.39. The molecule has 0 saturated heterocycles. The molecule has 0 amide bonds. The molecule has 0 fully saturated rings. The van der Waals surface area contributed by atoms with Crippen LogP contribution in [-0.2, 0) is 4.79 Å². The minimum absolute atomic E-state index is 0.174. The number of ketones is 1. The highest BCUT2D eigenvalue weighted by molar-refractivity contribution is 5.75. The fourth-order valence-corrected chi connectivity index (χ4v) is 3.00. The lowest BCUT2D eigenvalue weighted by molar-refractivity contribution is -0.118. The molecule has 2 atom stereocenters. The van der Waals surface area contributed by atoms with Crippen LogP contribution >= 0.6 is 0 Å². The number of rotatable bonds is 3. The van der Waals surface area contributed by atoms with Crippen molar-refractivity contribution in [2.45, 2.75) is 41.0 Å². The number of hydrogen-bond donors (Lipinski definition) is 0. The van der Waals surface area contributed by atoms with Crippen molar-refractivity contribution in [2.24, 2.45) is 17.3 Å². The van der Waals surface area contributed by atoms with Crippen molar-refractivity contribution in [1.29, 1.82) is 0 Å². The van der Waals surface area contributed by atoms with Crippen molar-refractivity contribution in [3.05, 3.63) is 23.8 Å². The first-order valence-electron chi connectivity index (χ1n) is 5.70. The molecule has 0 saturated carbocycles. The highest BCUT2D eigenvalue weighted by Gasteiger charge is 2.34. The Hall–Kier alpha value is -0.850. The Morgan fingerprint density at radius 3 is 2.60 bits per heavy atom. The van der Waals surface area contributed by atoms with Crippen LogP contribution in [0.3, 0.4) is 0 Å². The minimum atomic E-state index is 0.174. The van der Waals surface area contributed by atoms with Crippen molar-refractivity contribution in [3.8, 4) is 0 Å². The van der Waals surface area contributed by atoms with Gasteiger partial charge in [0.25, 0.3) is 0 Å². The Morgan fingerprint density at radius 2 is 2.13 bits per heavy atom. The van der Waals surface area contributed by atoms with Crippen LogP contribution in [0.2, 0.25) is 0 Å². The predicted octanol–water partition coefficient (Wildman–Crippen LogP) is 3.76. The van der Waals surface area contributed by atoms with Gasteiger partial charge >= 0.3 is 0 Å². The second-order valence-electron chi connectivity index (χ2n) is 5.45. The lowest BCUT2D eigenvalue weighted by Crippen LogP contribution is -2.31. The van der Waals surface area contributed by atoms with Gasteiger partial charge in [-0.15, -0.1) is 0 Å². The first-order chi connectivity index (χ1) is 6.84. The molecule has 1 heteroatoms. The van der Waals surface area contributed by atoms with Crippen LogP contribution in [-0.4, -0.2) is 5.78 Å². The van der Waals surface area contributed by atoms with E-state index in [1.807, 2.05) is 0 Å². The van der Waals surface area contributed by atoms with Crippen molar-refractivity contribution in [2.75, 3.05) is 0 Å². The maximum Gasteiger partial charge on any atom is 0.130 e. The van der Waals surface area contributed by atoms with E-state index in [0.29, 0.717) is 24.0 Å². The smallest absolute Gasteiger partial charge is 0.130 e. The second-order valence-corrected chi connectivity index (χ2v) is 5.45. The first kappa shape index (κ1) is 12.2. The van der Waals surface area contributed by atoms with E-state index in [1.165, 1.54) is 5.57 Å². The summed E-state index contributed by atoms with van der Waals surface area (Å²) >= 11 is 0. The summed E-state index contributed by atoms with van der Waals surface area (Å²) in [6.07, 6.45) is 7.24. The molecule has 84 valence electrons. The van der Waals surface area contributed by atoms with Crippen LogP contribution in [0.15, 0.2) is 23.8 Å². The van der Waals surface area contributed by atoms with Gasteiger partial charge in [-0.1, -0.05) is 44.6 Å². The Morgan fingerprint density at radius 1 is 1.53 bits per heavy atom. The molecule has 0 radical (unpaired) electrons. The summed E-state index contributed by atoms with van der Waals surface area (Å²) in [5.74, 6) is 1.21. The predicted molar refractivity (Wildman–Crippen MR) is 64.6 cm³/mol. The third-order valence-electron chi connectivity index (χ3n) is 3.36. The van der Waals surface area contributed by atoms with E-state index in [4.69, 9.17) is 0 Å². The van der Waals surface area contributed by atoms with Gasteiger partial charge in [-0.2, -0.15) is 0 Å². The molecular weight excluding hydrogens is 184 g/mol. The molecule has 0 aliphatic heterocycles. The van der Waals surface area contributed by atoms with Gasteiger partial charge in [-0.05, 0) is 31.1 Å². The minimum Gasteiger partial charge on any atom is -0.300 e. The molecule has 1 aliphatic rings. The van der Waals surface area contributed by atoms with E-state index in [2.05, 4.69) is 45.9 Å². The Labute approximate surface area is 93.3 Å². The highest BCUT2D eigenvalue weighted by Crippen LogP contribution is 2.42. The maximum absolute atomic E-state index is 11.2. The quantitative estimate of drug-likeness (QED) is 0.687. The third kappa shape index (κ3) is 2.80. The van der Waals surface area contributed by atoms with Gasteiger partial charge < -0.3 is 4.79 Å². The summed E-state index contributed by atoms with van der Waals surface area (Å²) in [4.78, 5) is 11.2. The zero-order valence-corrected chi connectivity index (χ0v) is 10.5. The van der Waals surface area contributed by atoms with Gasteiger partial charge in [0.15, 0.2) is 0 Å². The standard InChI is InChI=1S/C14H22O/c1-10-7-6-8-14(4,5)13(10)11(2)9-12(3)15/h6-8,11,13H,9H2,1-5H3. The Balaban J connectivity index is 2.87. The highest BCUT2D eigenvalue weighted by atomic mass is 16.1. The number of carbonyl (C=O) groups excluding carboxylic acids is 1. The fraction of sp³-hybridized carbons (Fsp3) is 0.643. The van der Waals surface area contributed by atoms with Gasteiger partial charge in [-0.3, -0.25) is 0 Å². The summed E-state index contributed by atoms with van der Waals surface area (Å²) in [6, 6.07) is 0. The topological polar surface area (TPSA) is 17.1 Å². The van der Waals surface area contributed by atoms with Gasteiger partial charge in [0.2, 0.25) is 0 Å². The van der Waals surface area contributed by atoms with Crippen molar-refractivity contribution in [3.63, 3.8) is 0 Å². The second kappa shape index (κ2) is 4.34. The summed E-state index contributed by atoms with van der Waals surface area (Å²) in [5, 5.41) is 0. The zero-order chi connectivity index (χ0) is 11.6. The first-order valence-corrected chi connectivity index (χ1v) is 5.70. The maximum atomic E-state index is 11.2. The van der Waals surface area contributed by atoms with Crippen molar-refractivity contribution in [1.82, 2.24) is 0 Å². The normalized spacial score (nSPS) is 25.9. The monoisotopic (exact) mass is 206 g/mol. The molecule has 1 aliphatic carbocycles. The van der Waals surface area contributed by atoms with Crippen molar-refractivity contribution < 1.29 is 4.79 Å². The summed E-state index contributed by atoms with van der Waals surface area (Å²) in [7, 11) is 0. The summed E-state index contributed by atoms with van der Waals surface area (Å²) in [5.41, 5.74) is 1.57. The Kier molecular flexibility index (Phi) is 3.54. The molecule has 0 spiro atoms. The van der Waals surface area contributed by atoms with E-state index in [0.717, 1.165) is 0 Å². The molecule has 0 aromatic carbocycles. The average molecular weight is 206 g/mol. The Bertz CT molecular complexity index is 307. The zero-order valence-electron chi connectivity index (χ0n) is 10.5. The van der Waals surface area contributed by atoms with E-state index < -0.39 is 0 Å². The van der Waals surface area contributed by atoms with Crippen LogP contribution in [0.5, 0.6) is 0 Å². The van der Waals surface area contributed by atoms with Gasteiger partial charge in [0.1, 0.15) is 5.78 Å². The number of Topliss-reactive ketones (excluding diaryl/α,β-unsaturated/α-hetero) is 1. The average Bonchev–Trinajstić information content (AvgIpc) is 1.99. The number of carbonyl (C=O) groups is 1. The van der Waals surface area contributed by atoms with E-state index in [1.54, 1.807) is 6.92 Å². The molecule has 0 bridgehead atoms. The molecule has 0 heterocycles. The van der Waals surface area contributed by atoms with Crippen LogP contribution in [0, 0.1) is 17.3 Å². The molecular formula is C14H22O. The van der Waals surface area contributed by atoms with E-state index >= 15 is 0 Å².